The minimum atomic E-state index is -2.91. The zero-order chi connectivity index (χ0) is 10.0. The minimum absolute atomic E-state index is 0.144. The van der Waals surface area contributed by atoms with E-state index in [1.165, 1.54) is 6.07 Å². The van der Waals surface area contributed by atoms with Crippen molar-refractivity contribution in [3.63, 3.8) is 0 Å². The Morgan fingerprint density at radius 1 is 1.31 bits per heavy atom. The predicted octanol–water partition coefficient (Wildman–Crippen LogP) is 2.61. The van der Waals surface area contributed by atoms with E-state index < -0.39 is 6.61 Å². The van der Waals surface area contributed by atoms with Gasteiger partial charge in [-0.1, -0.05) is 6.07 Å². The highest BCUT2D eigenvalue weighted by molar-refractivity contribution is 5.48. The number of phenols is 1. The first-order chi connectivity index (χ1) is 6.02. The highest BCUT2D eigenvalue weighted by Crippen LogP contribution is 2.32. The van der Waals surface area contributed by atoms with E-state index in [2.05, 4.69) is 4.74 Å². The zero-order valence-corrected chi connectivity index (χ0v) is 7.34. The molecule has 72 valence electrons. The number of hydrogen-bond donors (Lipinski definition) is 1. The van der Waals surface area contributed by atoms with Gasteiger partial charge in [0.05, 0.1) is 0 Å². The van der Waals surface area contributed by atoms with E-state index in [1.54, 1.807) is 19.9 Å². The van der Waals surface area contributed by atoms with E-state index in [0.29, 0.717) is 5.56 Å². The SMILES string of the molecule is Cc1ccc(O)c(OC(F)F)c1C. The molecule has 2 nitrogen and oxygen atoms in total. The molecule has 0 atom stereocenters. The van der Waals surface area contributed by atoms with Crippen LogP contribution in [0.3, 0.4) is 0 Å². The van der Waals surface area contributed by atoms with Gasteiger partial charge in [-0.3, -0.25) is 0 Å². The third-order valence-corrected chi connectivity index (χ3v) is 1.86. The van der Waals surface area contributed by atoms with Gasteiger partial charge in [0.25, 0.3) is 0 Å². The van der Waals surface area contributed by atoms with Crippen LogP contribution >= 0.6 is 0 Å². The molecule has 0 aromatic heterocycles. The Kier molecular flexibility index (Phi) is 2.70. The summed E-state index contributed by atoms with van der Waals surface area (Å²) in [4.78, 5) is 0. The Hall–Kier alpha value is -1.32. The van der Waals surface area contributed by atoms with Crippen LogP contribution in [0.25, 0.3) is 0 Å². The standard InChI is InChI=1S/C9H10F2O2/c1-5-3-4-7(12)8(6(5)2)13-9(10)11/h3-4,9,12H,1-2H3. The van der Waals surface area contributed by atoms with Crippen molar-refractivity contribution >= 4 is 0 Å². The summed E-state index contributed by atoms with van der Waals surface area (Å²) in [6.45, 7) is 0.464. The molecule has 0 aliphatic carbocycles. The maximum absolute atomic E-state index is 11.9. The van der Waals surface area contributed by atoms with Crippen molar-refractivity contribution in [3.05, 3.63) is 23.3 Å². The topological polar surface area (TPSA) is 29.5 Å². The van der Waals surface area contributed by atoms with Gasteiger partial charge in [0, 0.05) is 0 Å². The van der Waals surface area contributed by atoms with Gasteiger partial charge in [-0.25, -0.2) is 0 Å². The summed E-state index contributed by atoms with van der Waals surface area (Å²) < 4.78 is 27.9. The van der Waals surface area contributed by atoms with E-state index >= 15 is 0 Å². The summed E-state index contributed by atoms with van der Waals surface area (Å²) in [7, 11) is 0. The molecule has 0 saturated carbocycles. The minimum Gasteiger partial charge on any atom is -0.504 e. The van der Waals surface area contributed by atoms with Crippen LogP contribution in [0.15, 0.2) is 12.1 Å². The molecule has 0 unspecified atom stereocenters. The molecule has 1 aromatic rings. The Morgan fingerprint density at radius 2 is 1.92 bits per heavy atom. The van der Waals surface area contributed by atoms with Crippen molar-refractivity contribution in [1.29, 1.82) is 0 Å². The number of hydrogen-bond acceptors (Lipinski definition) is 2. The quantitative estimate of drug-likeness (QED) is 0.772. The van der Waals surface area contributed by atoms with Crippen molar-refractivity contribution in [2.24, 2.45) is 0 Å². The molecule has 0 spiro atoms. The van der Waals surface area contributed by atoms with Crippen LogP contribution in [-0.4, -0.2) is 11.7 Å². The van der Waals surface area contributed by atoms with E-state index in [0.717, 1.165) is 5.56 Å². The second kappa shape index (κ2) is 3.60. The van der Waals surface area contributed by atoms with E-state index in [-0.39, 0.29) is 11.5 Å². The third kappa shape index (κ3) is 2.08. The molecule has 0 aliphatic heterocycles. The van der Waals surface area contributed by atoms with Crippen LogP contribution < -0.4 is 4.74 Å². The Morgan fingerprint density at radius 3 is 2.46 bits per heavy atom. The second-order valence-corrected chi connectivity index (χ2v) is 2.73. The maximum atomic E-state index is 11.9. The van der Waals surface area contributed by atoms with Crippen molar-refractivity contribution in [2.75, 3.05) is 0 Å². The molecule has 0 bridgehead atoms. The normalized spacial score (nSPS) is 10.5. The van der Waals surface area contributed by atoms with Gasteiger partial charge in [0.1, 0.15) is 0 Å². The zero-order valence-electron chi connectivity index (χ0n) is 7.34. The fourth-order valence-corrected chi connectivity index (χ4v) is 1.01. The van der Waals surface area contributed by atoms with Crippen molar-refractivity contribution < 1.29 is 18.6 Å². The van der Waals surface area contributed by atoms with E-state index in [4.69, 9.17) is 0 Å². The molecule has 0 fully saturated rings. The van der Waals surface area contributed by atoms with E-state index in [1.807, 2.05) is 0 Å². The van der Waals surface area contributed by atoms with Crippen molar-refractivity contribution in [1.82, 2.24) is 0 Å². The summed E-state index contributed by atoms with van der Waals surface area (Å²) in [5.74, 6) is -0.404. The molecular weight excluding hydrogens is 178 g/mol. The molecule has 0 saturated heterocycles. The number of aromatic hydroxyl groups is 1. The van der Waals surface area contributed by atoms with Crippen LogP contribution in [-0.2, 0) is 0 Å². The first kappa shape index (κ1) is 9.77. The smallest absolute Gasteiger partial charge is 0.387 e. The summed E-state index contributed by atoms with van der Waals surface area (Å²) in [5.41, 5.74) is 1.33. The predicted molar refractivity (Wildman–Crippen MR) is 44.2 cm³/mol. The highest BCUT2D eigenvalue weighted by atomic mass is 19.3. The number of halogens is 2. The first-order valence-electron chi connectivity index (χ1n) is 3.76. The third-order valence-electron chi connectivity index (χ3n) is 1.86. The van der Waals surface area contributed by atoms with Gasteiger partial charge in [0.15, 0.2) is 11.5 Å². The number of alkyl halides is 2. The van der Waals surface area contributed by atoms with Gasteiger partial charge >= 0.3 is 6.61 Å². The number of phenolic OH excluding ortho intramolecular Hbond substituents is 1. The molecule has 13 heavy (non-hydrogen) atoms. The molecule has 0 aliphatic rings. The van der Waals surface area contributed by atoms with Gasteiger partial charge in [-0.05, 0) is 31.0 Å². The number of aryl methyl sites for hydroxylation is 1. The molecule has 0 heterocycles. The summed E-state index contributed by atoms with van der Waals surface area (Å²) >= 11 is 0. The number of benzene rings is 1. The lowest BCUT2D eigenvalue weighted by atomic mass is 10.1. The molecule has 0 radical (unpaired) electrons. The molecule has 4 heteroatoms. The van der Waals surface area contributed by atoms with Crippen molar-refractivity contribution in [3.8, 4) is 11.5 Å². The maximum Gasteiger partial charge on any atom is 0.387 e. The average molecular weight is 188 g/mol. The summed E-state index contributed by atoms with van der Waals surface area (Å²) in [5, 5.41) is 9.21. The molecule has 1 N–H and O–H groups in total. The highest BCUT2D eigenvalue weighted by Gasteiger charge is 2.12. The molecule has 1 rings (SSSR count). The van der Waals surface area contributed by atoms with Crippen LogP contribution in [0.2, 0.25) is 0 Å². The fourth-order valence-electron chi connectivity index (χ4n) is 1.01. The Labute approximate surface area is 74.8 Å². The van der Waals surface area contributed by atoms with Crippen LogP contribution in [0.5, 0.6) is 11.5 Å². The number of rotatable bonds is 2. The Bertz CT molecular complexity index is 311. The van der Waals surface area contributed by atoms with Crippen LogP contribution in [0.4, 0.5) is 8.78 Å². The first-order valence-corrected chi connectivity index (χ1v) is 3.76. The average Bonchev–Trinajstić information content (AvgIpc) is 2.05. The molecular formula is C9H10F2O2. The second-order valence-electron chi connectivity index (χ2n) is 2.73. The lowest BCUT2D eigenvalue weighted by Gasteiger charge is -2.11. The number of ether oxygens (including phenoxy) is 1. The lowest BCUT2D eigenvalue weighted by molar-refractivity contribution is -0.0517. The lowest BCUT2D eigenvalue weighted by Crippen LogP contribution is -2.04. The van der Waals surface area contributed by atoms with Gasteiger partial charge in [-0.15, -0.1) is 0 Å². The molecule has 1 aromatic carbocycles. The largest absolute Gasteiger partial charge is 0.504 e. The van der Waals surface area contributed by atoms with Crippen molar-refractivity contribution in [2.45, 2.75) is 20.5 Å². The van der Waals surface area contributed by atoms with Gasteiger partial charge in [-0.2, -0.15) is 8.78 Å². The fraction of sp³-hybridized carbons (Fsp3) is 0.333. The summed E-state index contributed by atoms with van der Waals surface area (Å²) in [6, 6.07) is 2.98. The van der Waals surface area contributed by atoms with Gasteiger partial charge in [0.2, 0.25) is 0 Å². The monoisotopic (exact) mass is 188 g/mol. The Balaban J connectivity index is 3.10. The molecule has 0 amide bonds. The summed E-state index contributed by atoms with van der Waals surface area (Å²) in [6.07, 6.45) is 0. The van der Waals surface area contributed by atoms with E-state index in [9.17, 15) is 13.9 Å². The van der Waals surface area contributed by atoms with Gasteiger partial charge < -0.3 is 9.84 Å². The van der Waals surface area contributed by atoms with Crippen LogP contribution in [0.1, 0.15) is 11.1 Å². The van der Waals surface area contributed by atoms with Crippen LogP contribution in [0, 0.1) is 13.8 Å².